The van der Waals surface area contributed by atoms with E-state index in [1.807, 2.05) is 18.7 Å². The van der Waals surface area contributed by atoms with Crippen molar-refractivity contribution in [1.29, 1.82) is 0 Å². The first-order valence-corrected chi connectivity index (χ1v) is 12.3. The van der Waals surface area contributed by atoms with E-state index in [0.29, 0.717) is 19.6 Å². The molecule has 0 saturated heterocycles. The number of halogens is 4. The van der Waals surface area contributed by atoms with Gasteiger partial charge in [0.05, 0.1) is 11.3 Å². The fourth-order valence-electron chi connectivity index (χ4n) is 4.40. The van der Waals surface area contributed by atoms with Gasteiger partial charge in [-0.2, -0.15) is 13.2 Å². The van der Waals surface area contributed by atoms with Crippen molar-refractivity contribution < 1.29 is 27.9 Å². The first-order chi connectivity index (χ1) is 17.4. The van der Waals surface area contributed by atoms with E-state index >= 15 is 0 Å². The molecule has 1 aliphatic heterocycles. The Hall–Kier alpha value is -3.06. The molecule has 0 radical (unpaired) electrons. The van der Waals surface area contributed by atoms with Gasteiger partial charge in [-0.15, -0.1) is 0 Å². The third-order valence-corrected chi connectivity index (χ3v) is 6.61. The lowest BCUT2D eigenvalue weighted by Crippen LogP contribution is -2.44. The second-order valence-electron chi connectivity index (χ2n) is 8.62. The van der Waals surface area contributed by atoms with Crippen molar-refractivity contribution in [2.75, 3.05) is 37.6 Å². The summed E-state index contributed by atoms with van der Waals surface area (Å²) in [6.45, 7) is 7.33. The summed E-state index contributed by atoms with van der Waals surface area (Å²) in [6.07, 6.45) is -4.66. The molecule has 37 heavy (non-hydrogen) atoms. The molecule has 1 heterocycles. The topological polar surface area (TPSA) is 72.9 Å². The molecule has 198 valence electrons. The van der Waals surface area contributed by atoms with E-state index in [-0.39, 0.29) is 47.3 Å². The molecule has 2 N–H and O–H groups in total. The zero-order valence-electron chi connectivity index (χ0n) is 20.9. The van der Waals surface area contributed by atoms with Crippen LogP contribution in [0.25, 0.3) is 0 Å². The van der Waals surface area contributed by atoms with E-state index in [0.717, 1.165) is 6.07 Å². The summed E-state index contributed by atoms with van der Waals surface area (Å²) in [5.41, 5.74) is -4.47. The number of benzene rings is 2. The molecule has 1 aliphatic rings. The largest absolute Gasteiger partial charge is 0.416 e. The van der Waals surface area contributed by atoms with Crippen LogP contribution in [0.3, 0.4) is 0 Å². The number of hydrogen-bond acceptors (Lipinski definition) is 4. The van der Waals surface area contributed by atoms with E-state index < -0.39 is 28.8 Å². The van der Waals surface area contributed by atoms with Crippen LogP contribution in [0.5, 0.6) is 0 Å². The number of likely N-dealkylation sites (N-methyl/N-ethyl adjacent to an activating group) is 1. The van der Waals surface area contributed by atoms with Crippen LogP contribution < -0.4 is 10.2 Å². The molecule has 1 atom stereocenters. The number of alkyl halides is 3. The minimum absolute atomic E-state index is 0.0233. The van der Waals surface area contributed by atoms with E-state index in [2.05, 4.69) is 17.2 Å². The number of carbonyl (C=O) groups excluding carboxylic acids is 2. The monoisotopic (exact) mass is 535 g/mol. The molecular formula is C27H29ClF3N3O3. The van der Waals surface area contributed by atoms with Crippen LogP contribution in [-0.2, 0) is 21.4 Å². The van der Waals surface area contributed by atoms with E-state index in [1.54, 1.807) is 6.07 Å². The van der Waals surface area contributed by atoms with Gasteiger partial charge in [0.15, 0.2) is 5.60 Å². The van der Waals surface area contributed by atoms with Crippen LogP contribution >= 0.6 is 11.6 Å². The Morgan fingerprint density at radius 1 is 1.22 bits per heavy atom. The van der Waals surface area contributed by atoms with Crippen LogP contribution in [0.1, 0.15) is 49.4 Å². The molecule has 0 spiro atoms. The molecule has 2 aromatic rings. The molecule has 0 aromatic heterocycles. The van der Waals surface area contributed by atoms with Crippen molar-refractivity contribution in [1.82, 2.24) is 10.2 Å². The highest BCUT2D eigenvalue weighted by Crippen LogP contribution is 2.51. The van der Waals surface area contributed by atoms with Gasteiger partial charge in [0.25, 0.3) is 5.91 Å². The Labute approximate surface area is 219 Å². The van der Waals surface area contributed by atoms with Gasteiger partial charge in [-0.1, -0.05) is 55.5 Å². The standard InChI is InChI=1S/C27H29ClF3N3O3/c1-4-33(5-2)14-15-34-23-17-19(10-8-9-13-32-18(3)35)16-21(27(29,30)31)24(23)26(37,25(34)36)20-11-6-7-12-22(20)28/h6-7,11-12,16-17,37H,4-5,9,13-15H2,1-3H3,(H,32,35). The van der Waals surface area contributed by atoms with Gasteiger partial charge < -0.3 is 20.2 Å². The predicted octanol–water partition coefficient (Wildman–Crippen LogP) is 4.16. The maximum Gasteiger partial charge on any atom is 0.416 e. The highest BCUT2D eigenvalue weighted by atomic mass is 35.5. The maximum absolute atomic E-state index is 14.4. The summed E-state index contributed by atoms with van der Waals surface area (Å²) in [4.78, 5) is 28.0. The molecular weight excluding hydrogens is 507 g/mol. The maximum atomic E-state index is 14.4. The Morgan fingerprint density at radius 2 is 1.89 bits per heavy atom. The first-order valence-electron chi connectivity index (χ1n) is 12.0. The lowest BCUT2D eigenvalue weighted by atomic mass is 9.83. The fourth-order valence-corrected chi connectivity index (χ4v) is 4.67. The molecule has 6 nitrogen and oxygen atoms in total. The number of nitrogens with one attached hydrogen (secondary N) is 1. The Bertz CT molecular complexity index is 1230. The summed E-state index contributed by atoms with van der Waals surface area (Å²) in [6, 6.07) is 8.08. The van der Waals surface area contributed by atoms with Crippen molar-refractivity contribution in [3.8, 4) is 11.8 Å². The Balaban J connectivity index is 2.20. The van der Waals surface area contributed by atoms with Crippen molar-refractivity contribution in [2.24, 2.45) is 0 Å². The SMILES string of the molecule is CCN(CC)CCN1C(=O)C(O)(c2ccccc2Cl)c2c1cc(C#CCCNC(C)=O)cc2C(F)(F)F. The number of aliphatic hydroxyl groups is 1. The van der Waals surface area contributed by atoms with Gasteiger partial charge >= 0.3 is 6.18 Å². The molecule has 0 aliphatic carbocycles. The van der Waals surface area contributed by atoms with Crippen molar-refractivity contribution in [2.45, 2.75) is 39.0 Å². The highest BCUT2D eigenvalue weighted by Gasteiger charge is 2.56. The van der Waals surface area contributed by atoms with Gasteiger partial charge in [-0.25, -0.2) is 0 Å². The van der Waals surface area contributed by atoms with E-state index in [9.17, 15) is 27.9 Å². The average molecular weight is 536 g/mol. The fraction of sp³-hybridized carbons (Fsp3) is 0.407. The molecule has 10 heteroatoms. The number of amides is 2. The number of nitrogens with zero attached hydrogens (tertiary/aromatic N) is 2. The van der Waals surface area contributed by atoms with Gasteiger partial charge in [0, 0.05) is 54.7 Å². The van der Waals surface area contributed by atoms with Crippen LogP contribution in [0.4, 0.5) is 18.9 Å². The summed E-state index contributed by atoms with van der Waals surface area (Å²) in [5.74, 6) is 4.32. The molecule has 0 saturated carbocycles. The Kier molecular flexibility index (Phi) is 8.90. The van der Waals surface area contributed by atoms with Gasteiger partial charge in [0.1, 0.15) is 0 Å². The number of hydrogen-bond donors (Lipinski definition) is 2. The Morgan fingerprint density at radius 3 is 2.49 bits per heavy atom. The van der Waals surface area contributed by atoms with Crippen LogP contribution in [-0.4, -0.2) is 54.5 Å². The smallest absolute Gasteiger partial charge is 0.372 e. The summed E-state index contributed by atoms with van der Waals surface area (Å²) in [7, 11) is 0. The van der Waals surface area contributed by atoms with Gasteiger partial charge in [-0.05, 0) is 31.3 Å². The van der Waals surface area contributed by atoms with E-state index in [4.69, 9.17) is 11.6 Å². The summed E-state index contributed by atoms with van der Waals surface area (Å²) < 4.78 is 43.2. The third-order valence-electron chi connectivity index (χ3n) is 6.28. The van der Waals surface area contributed by atoms with E-state index in [1.165, 1.54) is 36.1 Å². The zero-order chi connectivity index (χ0) is 27.4. The van der Waals surface area contributed by atoms with Crippen molar-refractivity contribution in [3.05, 3.63) is 63.7 Å². The van der Waals surface area contributed by atoms with Gasteiger partial charge in [0.2, 0.25) is 5.91 Å². The van der Waals surface area contributed by atoms with Crippen LogP contribution in [0, 0.1) is 11.8 Å². The molecule has 2 aromatic carbocycles. The molecule has 0 fully saturated rings. The highest BCUT2D eigenvalue weighted by molar-refractivity contribution is 6.32. The molecule has 0 bridgehead atoms. The van der Waals surface area contributed by atoms with Gasteiger partial charge in [-0.3, -0.25) is 9.59 Å². The minimum Gasteiger partial charge on any atom is -0.372 e. The summed E-state index contributed by atoms with van der Waals surface area (Å²) >= 11 is 6.29. The molecule has 3 rings (SSSR count). The second-order valence-corrected chi connectivity index (χ2v) is 9.03. The summed E-state index contributed by atoms with van der Waals surface area (Å²) in [5, 5.41) is 14.3. The molecule has 1 unspecified atom stereocenters. The van der Waals surface area contributed by atoms with Crippen LogP contribution in [0.2, 0.25) is 5.02 Å². The average Bonchev–Trinajstić information content (AvgIpc) is 3.05. The second kappa shape index (κ2) is 11.5. The third kappa shape index (κ3) is 5.93. The predicted molar refractivity (Wildman–Crippen MR) is 136 cm³/mol. The number of fused-ring (bicyclic) bond motifs is 1. The van der Waals surface area contributed by atoms with Crippen LogP contribution in [0.15, 0.2) is 36.4 Å². The first kappa shape index (κ1) is 28.5. The normalized spacial score (nSPS) is 17.0. The minimum atomic E-state index is -4.89. The zero-order valence-corrected chi connectivity index (χ0v) is 21.6. The molecule has 2 amide bonds. The lowest BCUT2D eigenvalue weighted by Gasteiger charge is -2.27. The number of rotatable bonds is 8. The van der Waals surface area contributed by atoms with Crippen molar-refractivity contribution in [3.63, 3.8) is 0 Å². The quantitative estimate of drug-likeness (QED) is 0.393. The van der Waals surface area contributed by atoms with Crippen molar-refractivity contribution >= 4 is 29.1 Å². The number of anilines is 1. The lowest BCUT2D eigenvalue weighted by molar-refractivity contribution is -0.142. The number of carbonyl (C=O) groups is 2.